The maximum absolute atomic E-state index is 13.0. The molecular formula is C19H16FN5OS. The Balaban J connectivity index is 1.46. The number of rotatable bonds is 5. The molecule has 8 heteroatoms. The molecule has 2 aromatic heterocycles. The van der Waals surface area contributed by atoms with Crippen LogP contribution in [0, 0.1) is 12.7 Å². The quantitative estimate of drug-likeness (QED) is 0.415. The van der Waals surface area contributed by atoms with Crippen molar-refractivity contribution in [3.05, 3.63) is 71.9 Å². The molecule has 0 unspecified atom stereocenters. The van der Waals surface area contributed by atoms with Gasteiger partial charge in [-0.25, -0.2) is 14.1 Å². The Morgan fingerprint density at radius 1 is 1.04 bits per heavy atom. The summed E-state index contributed by atoms with van der Waals surface area (Å²) in [6.45, 7) is 2.02. The smallest absolute Gasteiger partial charge is 0.226 e. The van der Waals surface area contributed by atoms with E-state index in [1.165, 1.54) is 34.1 Å². The molecule has 0 bridgehead atoms. The summed E-state index contributed by atoms with van der Waals surface area (Å²) in [5.41, 5.74) is 3.53. The number of nitrogens with zero attached hydrogens (tertiary/aromatic N) is 4. The van der Waals surface area contributed by atoms with Gasteiger partial charge in [0.1, 0.15) is 12.1 Å². The number of oxazole rings is 1. The minimum absolute atomic E-state index is 0.298. The number of thioether (sulfide) groups is 1. The Morgan fingerprint density at radius 2 is 1.74 bits per heavy atom. The van der Waals surface area contributed by atoms with Crippen molar-refractivity contribution in [2.45, 2.75) is 17.8 Å². The zero-order valence-corrected chi connectivity index (χ0v) is 15.3. The highest BCUT2D eigenvalue weighted by Gasteiger charge is 2.14. The number of aryl methyl sites for hydroxylation is 1. The van der Waals surface area contributed by atoms with Crippen LogP contribution in [0.25, 0.3) is 22.8 Å². The fourth-order valence-corrected chi connectivity index (χ4v) is 3.25. The first-order valence-corrected chi connectivity index (χ1v) is 9.19. The van der Waals surface area contributed by atoms with Gasteiger partial charge in [0.25, 0.3) is 0 Å². The first kappa shape index (κ1) is 17.3. The Kier molecular flexibility index (Phi) is 4.64. The maximum atomic E-state index is 13.0. The van der Waals surface area contributed by atoms with Crippen LogP contribution in [0.1, 0.15) is 11.3 Å². The SMILES string of the molecule is Cc1ccc(-c2nnc(SCc3coc(-c4ccc(F)cc4)n3)n2N)cc1. The van der Waals surface area contributed by atoms with E-state index in [1.807, 2.05) is 31.2 Å². The highest BCUT2D eigenvalue weighted by molar-refractivity contribution is 7.98. The van der Waals surface area contributed by atoms with Crippen LogP contribution in [0.3, 0.4) is 0 Å². The van der Waals surface area contributed by atoms with Gasteiger partial charge in [0.15, 0.2) is 5.82 Å². The number of hydrogen-bond acceptors (Lipinski definition) is 6. The second-order valence-corrected chi connectivity index (χ2v) is 6.92. The van der Waals surface area contributed by atoms with E-state index in [0.29, 0.717) is 22.6 Å². The molecule has 0 radical (unpaired) electrons. The van der Waals surface area contributed by atoms with Crippen molar-refractivity contribution in [2.24, 2.45) is 0 Å². The number of nitrogens with two attached hydrogens (primary N) is 1. The van der Waals surface area contributed by atoms with Gasteiger partial charge in [-0.2, -0.15) is 0 Å². The highest BCUT2D eigenvalue weighted by Crippen LogP contribution is 2.26. The van der Waals surface area contributed by atoms with E-state index in [2.05, 4.69) is 15.2 Å². The molecule has 0 aliphatic rings. The lowest BCUT2D eigenvalue weighted by Crippen LogP contribution is -2.11. The molecule has 27 heavy (non-hydrogen) atoms. The summed E-state index contributed by atoms with van der Waals surface area (Å²) in [5, 5.41) is 8.91. The molecule has 0 aliphatic carbocycles. The molecule has 2 heterocycles. The lowest BCUT2D eigenvalue weighted by atomic mass is 10.1. The third kappa shape index (κ3) is 3.70. The second-order valence-electron chi connectivity index (χ2n) is 5.98. The summed E-state index contributed by atoms with van der Waals surface area (Å²) in [4.78, 5) is 4.42. The molecule has 4 rings (SSSR count). The van der Waals surface area contributed by atoms with Crippen molar-refractivity contribution in [3.63, 3.8) is 0 Å². The van der Waals surface area contributed by atoms with Gasteiger partial charge >= 0.3 is 0 Å². The Labute approximate surface area is 159 Å². The Hall–Kier alpha value is -3.13. The molecule has 0 fully saturated rings. The number of nitrogen functional groups attached to an aromatic ring is 1. The van der Waals surface area contributed by atoms with Crippen LogP contribution in [-0.4, -0.2) is 19.9 Å². The first-order chi connectivity index (χ1) is 13.1. The van der Waals surface area contributed by atoms with E-state index in [4.69, 9.17) is 10.3 Å². The highest BCUT2D eigenvalue weighted by atomic mass is 32.2. The summed E-state index contributed by atoms with van der Waals surface area (Å²) >= 11 is 1.41. The van der Waals surface area contributed by atoms with Crippen LogP contribution in [0.4, 0.5) is 4.39 Å². The van der Waals surface area contributed by atoms with Gasteiger partial charge in [-0.3, -0.25) is 0 Å². The van der Waals surface area contributed by atoms with E-state index in [9.17, 15) is 4.39 Å². The third-order valence-electron chi connectivity index (χ3n) is 3.97. The van der Waals surface area contributed by atoms with Crippen LogP contribution in [0.2, 0.25) is 0 Å². The van der Waals surface area contributed by atoms with Gasteiger partial charge in [0.2, 0.25) is 11.0 Å². The second kappa shape index (κ2) is 7.24. The number of hydrogen-bond donors (Lipinski definition) is 1. The van der Waals surface area contributed by atoms with Crippen molar-refractivity contribution < 1.29 is 8.81 Å². The largest absolute Gasteiger partial charge is 0.444 e. The number of benzene rings is 2. The molecule has 2 aromatic carbocycles. The molecule has 4 aromatic rings. The van der Waals surface area contributed by atoms with E-state index in [-0.39, 0.29) is 5.82 Å². The fraction of sp³-hybridized carbons (Fsp3) is 0.105. The van der Waals surface area contributed by atoms with Crippen LogP contribution in [0.15, 0.2) is 64.4 Å². The van der Waals surface area contributed by atoms with Crippen molar-refractivity contribution in [1.29, 1.82) is 0 Å². The lowest BCUT2D eigenvalue weighted by molar-refractivity contribution is 0.573. The number of halogens is 1. The minimum atomic E-state index is -0.298. The predicted octanol–water partition coefficient (Wildman–Crippen LogP) is 4.05. The zero-order valence-electron chi connectivity index (χ0n) is 14.5. The normalized spacial score (nSPS) is 11.0. The van der Waals surface area contributed by atoms with Crippen molar-refractivity contribution >= 4 is 11.8 Å². The molecule has 6 nitrogen and oxygen atoms in total. The fourth-order valence-electron chi connectivity index (χ4n) is 2.51. The summed E-state index contributed by atoms with van der Waals surface area (Å²) < 4.78 is 20.0. The van der Waals surface area contributed by atoms with Crippen molar-refractivity contribution in [2.75, 3.05) is 5.84 Å². The van der Waals surface area contributed by atoms with E-state index >= 15 is 0 Å². The minimum Gasteiger partial charge on any atom is -0.444 e. The van der Waals surface area contributed by atoms with Gasteiger partial charge in [0.05, 0.1) is 5.69 Å². The van der Waals surface area contributed by atoms with Crippen LogP contribution in [0.5, 0.6) is 0 Å². The Bertz CT molecular complexity index is 1060. The van der Waals surface area contributed by atoms with E-state index < -0.39 is 0 Å². The summed E-state index contributed by atoms with van der Waals surface area (Å²) in [6, 6.07) is 13.9. The molecule has 0 atom stereocenters. The molecule has 2 N–H and O–H groups in total. The molecule has 0 amide bonds. The molecule has 136 valence electrons. The van der Waals surface area contributed by atoms with Gasteiger partial charge in [-0.15, -0.1) is 10.2 Å². The molecule has 0 spiro atoms. The molecule has 0 saturated carbocycles. The van der Waals surface area contributed by atoms with Gasteiger partial charge in [-0.05, 0) is 31.2 Å². The van der Waals surface area contributed by atoms with Crippen molar-refractivity contribution in [3.8, 4) is 22.8 Å². The van der Waals surface area contributed by atoms with Crippen LogP contribution in [-0.2, 0) is 5.75 Å². The topological polar surface area (TPSA) is 82.8 Å². The average molecular weight is 381 g/mol. The van der Waals surface area contributed by atoms with Gasteiger partial charge in [0, 0.05) is 16.9 Å². The average Bonchev–Trinajstić information content (AvgIpc) is 3.28. The third-order valence-corrected chi connectivity index (χ3v) is 4.94. The van der Waals surface area contributed by atoms with Crippen LogP contribution >= 0.6 is 11.8 Å². The van der Waals surface area contributed by atoms with Crippen LogP contribution < -0.4 is 5.84 Å². The van der Waals surface area contributed by atoms with Gasteiger partial charge < -0.3 is 10.3 Å². The lowest BCUT2D eigenvalue weighted by Gasteiger charge is -2.03. The molecular weight excluding hydrogens is 365 g/mol. The van der Waals surface area contributed by atoms with Gasteiger partial charge in [-0.1, -0.05) is 41.6 Å². The standard InChI is InChI=1S/C19H16FN5OS/c1-12-2-4-13(5-3-12)17-23-24-19(25(17)21)27-11-16-10-26-18(22-16)14-6-8-15(20)9-7-14/h2-10H,11,21H2,1H3. The monoisotopic (exact) mass is 381 g/mol. The molecule has 0 saturated heterocycles. The number of aromatic nitrogens is 4. The predicted molar refractivity (Wildman–Crippen MR) is 102 cm³/mol. The summed E-state index contributed by atoms with van der Waals surface area (Å²) in [6.07, 6.45) is 1.57. The summed E-state index contributed by atoms with van der Waals surface area (Å²) in [7, 11) is 0. The summed E-state index contributed by atoms with van der Waals surface area (Å²) in [5.74, 6) is 7.41. The zero-order chi connectivity index (χ0) is 18.8. The first-order valence-electron chi connectivity index (χ1n) is 8.21. The Morgan fingerprint density at radius 3 is 2.48 bits per heavy atom. The van der Waals surface area contributed by atoms with E-state index in [1.54, 1.807) is 18.4 Å². The van der Waals surface area contributed by atoms with Crippen molar-refractivity contribution in [1.82, 2.24) is 19.9 Å². The molecule has 0 aliphatic heterocycles. The van der Waals surface area contributed by atoms with E-state index in [0.717, 1.165) is 16.8 Å². The maximum Gasteiger partial charge on any atom is 0.226 e.